The predicted octanol–water partition coefficient (Wildman–Crippen LogP) is 4.47. The Balaban J connectivity index is 1.65. The van der Waals surface area contributed by atoms with Crippen LogP contribution in [0.25, 0.3) is 0 Å². The molecule has 4 atom stereocenters. The van der Waals surface area contributed by atoms with Gasteiger partial charge in [-0.15, -0.1) is 0 Å². The molecule has 1 fully saturated rings. The summed E-state index contributed by atoms with van der Waals surface area (Å²) in [6.07, 6.45) is 4.99. The van der Waals surface area contributed by atoms with Crippen molar-refractivity contribution in [2.45, 2.75) is 101 Å². The molecule has 0 radical (unpaired) electrons. The lowest BCUT2D eigenvalue weighted by atomic mass is 9.89. The number of aliphatic hydroxyl groups excluding tert-OH is 2. The van der Waals surface area contributed by atoms with E-state index in [1.165, 1.54) is 38.2 Å². The molecule has 1 amide bonds. The fourth-order valence-electron chi connectivity index (χ4n) is 5.04. The maximum atomic E-state index is 14.4. The SMILES string of the molecule is CCCCCCCCCCCC(C(=O)O)c1ccccc1C(=O)Nc1ccn([C@@H]2O[C@H](CO)[C@@H](O)C2(F)F)c(=O)n1. The van der Waals surface area contributed by atoms with Crippen molar-refractivity contribution < 1.29 is 38.4 Å². The van der Waals surface area contributed by atoms with Gasteiger partial charge in [-0.05, 0) is 24.1 Å². The molecule has 226 valence electrons. The first kappa shape index (κ1) is 32.3. The van der Waals surface area contributed by atoms with Crippen LogP contribution >= 0.6 is 0 Å². The Hall–Kier alpha value is -3.22. The average Bonchev–Trinajstić information content (AvgIpc) is 3.17. The number of rotatable bonds is 16. The number of nitrogens with one attached hydrogen (secondary N) is 1. The van der Waals surface area contributed by atoms with Crippen molar-refractivity contribution in [1.82, 2.24) is 9.55 Å². The molecule has 1 aromatic heterocycles. The molecule has 1 unspecified atom stereocenters. The third kappa shape index (κ3) is 8.17. The van der Waals surface area contributed by atoms with E-state index in [-0.39, 0.29) is 11.4 Å². The highest BCUT2D eigenvalue weighted by Crippen LogP contribution is 2.42. The van der Waals surface area contributed by atoms with Crippen LogP contribution in [-0.2, 0) is 9.53 Å². The number of aliphatic carboxylic acids is 1. The van der Waals surface area contributed by atoms with Gasteiger partial charge in [0.25, 0.3) is 5.91 Å². The number of unbranched alkanes of at least 4 members (excludes halogenated alkanes) is 8. The summed E-state index contributed by atoms with van der Waals surface area (Å²) in [7, 11) is 0. The first-order valence-electron chi connectivity index (χ1n) is 14.2. The van der Waals surface area contributed by atoms with Crippen LogP contribution in [0.2, 0.25) is 0 Å². The van der Waals surface area contributed by atoms with Crippen molar-refractivity contribution in [2.75, 3.05) is 11.9 Å². The van der Waals surface area contributed by atoms with Gasteiger partial charge in [-0.2, -0.15) is 13.8 Å². The molecule has 1 aliphatic heterocycles. The van der Waals surface area contributed by atoms with Gasteiger partial charge in [-0.1, -0.05) is 82.9 Å². The Bertz CT molecular complexity index is 1220. The number of alkyl halides is 2. The number of carbonyl (C=O) groups excluding carboxylic acids is 1. The molecular weight excluding hydrogens is 540 g/mol. The van der Waals surface area contributed by atoms with Gasteiger partial charge in [-0.3, -0.25) is 14.2 Å². The quantitative estimate of drug-likeness (QED) is 0.213. The van der Waals surface area contributed by atoms with Crippen LogP contribution in [0.15, 0.2) is 41.3 Å². The van der Waals surface area contributed by atoms with Crippen LogP contribution in [0.1, 0.15) is 99.2 Å². The number of aliphatic hydroxyl groups is 2. The molecule has 3 rings (SSSR count). The number of carbonyl (C=O) groups is 2. The van der Waals surface area contributed by atoms with Gasteiger partial charge in [0.05, 0.1) is 12.5 Å². The van der Waals surface area contributed by atoms with E-state index < -0.39 is 54.4 Å². The van der Waals surface area contributed by atoms with Crippen molar-refractivity contribution in [3.63, 3.8) is 0 Å². The second-order valence-corrected chi connectivity index (χ2v) is 10.4. The highest BCUT2D eigenvalue weighted by atomic mass is 19.3. The maximum Gasteiger partial charge on any atom is 0.351 e. The van der Waals surface area contributed by atoms with Gasteiger partial charge in [0.1, 0.15) is 11.9 Å². The maximum absolute atomic E-state index is 14.4. The Labute approximate surface area is 237 Å². The van der Waals surface area contributed by atoms with Gasteiger partial charge < -0.3 is 25.4 Å². The number of halogens is 2. The van der Waals surface area contributed by atoms with Crippen LogP contribution in [0, 0.1) is 0 Å². The Morgan fingerprint density at radius 1 is 1.07 bits per heavy atom. The summed E-state index contributed by atoms with van der Waals surface area (Å²) in [5.41, 5.74) is -0.755. The van der Waals surface area contributed by atoms with E-state index in [1.54, 1.807) is 18.2 Å². The molecule has 2 aromatic rings. The molecule has 1 aliphatic rings. The van der Waals surface area contributed by atoms with Gasteiger partial charge >= 0.3 is 17.6 Å². The fourth-order valence-corrected chi connectivity index (χ4v) is 5.04. The van der Waals surface area contributed by atoms with E-state index in [4.69, 9.17) is 9.84 Å². The fraction of sp³-hybridized carbons (Fsp3) is 0.586. The van der Waals surface area contributed by atoms with Crippen LogP contribution in [0.5, 0.6) is 0 Å². The lowest BCUT2D eigenvalue weighted by Gasteiger charge is -2.21. The number of amides is 1. The average molecular weight is 580 g/mol. The van der Waals surface area contributed by atoms with E-state index >= 15 is 0 Å². The molecule has 2 heterocycles. The highest BCUT2D eigenvalue weighted by Gasteiger charge is 2.59. The lowest BCUT2D eigenvalue weighted by molar-refractivity contribution is -0.141. The van der Waals surface area contributed by atoms with E-state index in [2.05, 4.69) is 17.2 Å². The molecule has 41 heavy (non-hydrogen) atoms. The standard InChI is InChI=1S/C29H39F2N3O7/c1-2-3-4-5-6-7-8-9-10-15-21(26(38)39)19-13-11-12-14-20(19)25(37)32-23-16-17-34(28(40)33-23)27-29(30,31)24(36)22(18-35)41-27/h11-14,16-17,21-22,24,27,35-36H,2-10,15,18H2,1H3,(H,38,39)(H,32,33,37,40)/t21?,22-,24-,27-/m1/s1. The van der Waals surface area contributed by atoms with E-state index in [0.29, 0.717) is 23.0 Å². The number of anilines is 1. The smallest absolute Gasteiger partial charge is 0.351 e. The number of carboxylic acid groups (broad SMARTS) is 1. The molecule has 10 nitrogen and oxygen atoms in total. The summed E-state index contributed by atoms with van der Waals surface area (Å²) in [5.74, 6) is -6.77. The zero-order chi connectivity index (χ0) is 30.0. The zero-order valence-corrected chi connectivity index (χ0v) is 23.2. The number of aromatic nitrogens is 2. The molecule has 12 heteroatoms. The van der Waals surface area contributed by atoms with Crippen LogP contribution in [-0.4, -0.2) is 61.5 Å². The zero-order valence-electron chi connectivity index (χ0n) is 23.2. The van der Waals surface area contributed by atoms with Crippen molar-refractivity contribution >= 4 is 17.7 Å². The molecule has 0 saturated carbocycles. The minimum atomic E-state index is -3.87. The largest absolute Gasteiger partial charge is 0.481 e. The summed E-state index contributed by atoms with van der Waals surface area (Å²) in [4.78, 5) is 41.4. The van der Waals surface area contributed by atoms with Gasteiger partial charge in [0, 0.05) is 11.8 Å². The number of ether oxygens (including phenoxy) is 1. The Morgan fingerprint density at radius 3 is 2.29 bits per heavy atom. The second kappa shape index (κ2) is 15.1. The van der Waals surface area contributed by atoms with Gasteiger partial charge in [-0.25, -0.2) is 4.79 Å². The number of hydrogen-bond acceptors (Lipinski definition) is 7. The van der Waals surface area contributed by atoms with Crippen LogP contribution < -0.4 is 11.0 Å². The summed E-state index contributed by atoms with van der Waals surface area (Å²) in [5, 5.41) is 31.2. The summed E-state index contributed by atoms with van der Waals surface area (Å²) < 4.78 is 34.3. The van der Waals surface area contributed by atoms with Crippen molar-refractivity contribution in [2.24, 2.45) is 0 Å². The summed E-state index contributed by atoms with van der Waals surface area (Å²) in [6.45, 7) is 1.30. The van der Waals surface area contributed by atoms with E-state index in [1.807, 2.05) is 0 Å². The minimum Gasteiger partial charge on any atom is -0.481 e. The number of nitrogens with zero attached hydrogens (tertiary/aromatic N) is 2. The number of carboxylic acids is 1. The second-order valence-electron chi connectivity index (χ2n) is 10.4. The first-order valence-corrected chi connectivity index (χ1v) is 14.2. The van der Waals surface area contributed by atoms with Crippen molar-refractivity contribution in [3.05, 3.63) is 58.1 Å². The normalized spacial score (nSPS) is 20.6. The van der Waals surface area contributed by atoms with Crippen LogP contribution in [0.4, 0.5) is 14.6 Å². The molecular formula is C29H39F2N3O7. The Kier molecular flexibility index (Phi) is 11.9. The summed E-state index contributed by atoms with van der Waals surface area (Å²) >= 11 is 0. The molecule has 0 spiro atoms. The highest BCUT2D eigenvalue weighted by molar-refractivity contribution is 6.05. The molecule has 0 bridgehead atoms. The van der Waals surface area contributed by atoms with Crippen LogP contribution in [0.3, 0.4) is 0 Å². The number of benzene rings is 1. The third-order valence-electron chi connectivity index (χ3n) is 7.36. The summed E-state index contributed by atoms with van der Waals surface area (Å²) in [6, 6.07) is 7.39. The Morgan fingerprint density at radius 2 is 1.71 bits per heavy atom. The molecule has 1 saturated heterocycles. The molecule has 4 N–H and O–H groups in total. The predicted molar refractivity (Wildman–Crippen MR) is 147 cm³/mol. The van der Waals surface area contributed by atoms with E-state index in [0.717, 1.165) is 31.5 Å². The minimum absolute atomic E-state index is 0.0985. The molecule has 1 aromatic carbocycles. The van der Waals surface area contributed by atoms with Gasteiger partial charge in [0.2, 0.25) is 6.23 Å². The van der Waals surface area contributed by atoms with Crippen molar-refractivity contribution in [1.29, 1.82) is 0 Å². The van der Waals surface area contributed by atoms with Gasteiger partial charge in [0.15, 0.2) is 6.10 Å². The number of hydrogen-bond donors (Lipinski definition) is 4. The first-order chi connectivity index (χ1) is 19.6. The monoisotopic (exact) mass is 579 g/mol. The molecule has 0 aliphatic carbocycles. The lowest BCUT2D eigenvalue weighted by Crippen LogP contribution is -2.41. The van der Waals surface area contributed by atoms with E-state index in [9.17, 15) is 33.4 Å². The van der Waals surface area contributed by atoms with Crippen molar-refractivity contribution in [3.8, 4) is 0 Å². The topological polar surface area (TPSA) is 151 Å². The third-order valence-corrected chi connectivity index (χ3v) is 7.36.